The van der Waals surface area contributed by atoms with E-state index in [1.165, 1.54) is 0 Å². The number of amides is 1. The molecule has 2 aromatic carbocycles. The maximum atomic E-state index is 12.4. The summed E-state index contributed by atoms with van der Waals surface area (Å²) in [6, 6.07) is 11.1. The Labute approximate surface area is 153 Å². The van der Waals surface area contributed by atoms with Crippen LogP contribution >= 0.6 is 11.6 Å². The average Bonchev–Trinajstić information content (AvgIpc) is 2.54. The predicted octanol–water partition coefficient (Wildman–Crippen LogP) is 4.62. The Kier molecular flexibility index (Phi) is 6.21. The summed E-state index contributed by atoms with van der Waals surface area (Å²) in [5, 5.41) is 3.40. The van der Waals surface area contributed by atoms with Crippen LogP contribution < -0.4 is 10.2 Å². The van der Waals surface area contributed by atoms with Crippen molar-refractivity contribution in [3.05, 3.63) is 58.1 Å². The molecule has 25 heavy (non-hydrogen) atoms. The third kappa shape index (κ3) is 5.07. The van der Waals surface area contributed by atoms with E-state index in [2.05, 4.69) is 5.32 Å². The van der Waals surface area contributed by atoms with Gasteiger partial charge in [-0.25, -0.2) is 0 Å². The molecule has 0 aliphatic rings. The minimum absolute atomic E-state index is 0.0183. The molecule has 0 fully saturated rings. The van der Waals surface area contributed by atoms with E-state index in [0.29, 0.717) is 16.3 Å². The Morgan fingerprint density at radius 2 is 1.76 bits per heavy atom. The van der Waals surface area contributed by atoms with Gasteiger partial charge in [-0.3, -0.25) is 9.59 Å². The van der Waals surface area contributed by atoms with Crippen LogP contribution in [0, 0.1) is 13.8 Å². The highest BCUT2D eigenvalue weighted by Crippen LogP contribution is 2.28. The summed E-state index contributed by atoms with van der Waals surface area (Å²) in [7, 11) is 3.78. The van der Waals surface area contributed by atoms with Crippen LogP contribution in [0.3, 0.4) is 0 Å². The Bertz CT molecular complexity index is 800. The summed E-state index contributed by atoms with van der Waals surface area (Å²) in [6.07, 6.45) is 0.305. The van der Waals surface area contributed by atoms with Crippen molar-refractivity contribution in [2.75, 3.05) is 24.3 Å². The largest absolute Gasteiger partial charge is 0.376 e. The molecule has 132 valence electrons. The summed E-state index contributed by atoms with van der Waals surface area (Å²) in [6.45, 7) is 3.85. The monoisotopic (exact) mass is 358 g/mol. The Morgan fingerprint density at radius 3 is 2.44 bits per heavy atom. The summed E-state index contributed by atoms with van der Waals surface area (Å²) < 4.78 is 0. The first-order chi connectivity index (χ1) is 11.8. The van der Waals surface area contributed by atoms with Crippen LogP contribution in [0.5, 0.6) is 0 Å². The standard InChI is InChI=1S/C20H23ClN2O2/c1-13-5-6-14(2)16(11-13)19(24)9-10-20(25)22-17-12-15(21)7-8-18(17)23(3)4/h5-8,11-12H,9-10H2,1-4H3,(H,22,25). The van der Waals surface area contributed by atoms with Crippen molar-refractivity contribution in [1.82, 2.24) is 0 Å². The highest BCUT2D eigenvalue weighted by molar-refractivity contribution is 6.31. The van der Waals surface area contributed by atoms with Gasteiger partial charge in [-0.05, 0) is 43.7 Å². The van der Waals surface area contributed by atoms with Crippen molar-refractivity contribution in [1.29, 1.82) is 0 Å². The van der Waals surface area contributed by atoms with Crippen molar-refractivity contribution >= 4 is 34.7 Å². The number of hydrogen-bond donors (Lipinski definition) is 1. The number of carbonyl (C=O) groups is 2. The molecule has 0 aromatic heterocycles. The zero-order chi connectivity index (χ0) is 18.6. The number of hydrogen-bond acceptors (Lipinski definition) is 3. The van der Waals surface area contributed by atoms with Crippen LogP contribution in [-0.4, -0.2) is 25.8 Å². The summed E-state index contributed by atoms with van der Waals surface area (Å²) in [4.78, 5) is 26.6. The van der Waals surface area contributed by atoms with Gasteiger partial charge >= 0.3 is 0 Å². The van der Waals surface area contributed by atoms with Crippen molar-refractivity contribution in [2.24, 2.45) is 0 Å². The van der Waals surface area contributed by atoms with E-state index < -0.39 is 0 Å². The third-order valence-corrected chi connectivity index (χ3v) is 4.22. The lowest BCUT2D eigenvalue weighted by Crippen LogP contribution is -2.17. The second-order valence-corrected chi connectivity index (χ2v) is 6.78. The SMILES string of the molecule is Cc1ccc(C)c(C(=O)CCC(=O)Nc2cc(Cl)ccc2N(C)C)c1. The van der Waals surface area contributed by atoms with Crippen LogP contribution in [-0.2, 0) is 4.79 Å². The van der Waals surface area contributed by atoms with Gasteiger partial charge in [0.25, 0.3) is 0 Å². The van der Waals surface area contributed by atoms with Gasteiger partial charge in [0.15, 0.2) is 5.78 Å². The van der Waals surface area contributed by atoms with Crippen LogP contribution in [0.1, 0.15) is 34.3 Å². The molecule has 0 bridgehead atoms. The molecule has 0 saturated heterocycles. The lowest BCUT2D eigenvalue weighted by molar-refractivity contribution is -0.116. The summed E-state index contributed by atoms with van der Waals surface area (Å²) in [5.74, 6) is -0.223. The number of nitrogens with zero attached hydrogens (tertiary/aromatic N) is 1. The quantitative estimate of drug-likeness (QED) is 0.766. The molecular formula is C20H23ClN2O2. The first kappa shape index (κ1) is 19.0. The number of halogens is 1. The second kappa shape index (κ2) is 8.17. The third-order valence-electron chi connectivity index (χ3n) is 3.99. The van der Waals surface area contributed by atoms with Gasteiger partial charge in [0.1, 0.15) is 0 Å². The van der Waals surface area contributed by atoms with Crippen molar-refractivity contribution in [3.8, 4) is 0 Å². The fourth-order valence-electron chi connectivity index (χ4n) is 2.61. The molecule has 2 rings (SSSR count). The minimum atomic E-state index is -0.205. The fraction of sp³-hybridized carbons (Fsp3) is 0.300. The van der Waals surface area contributed by atoms with Gasteiger partial charge in [-0.2, -0.15) is 0 Å². The van der Waals surface area contributed by atoms with Crippen molar-refractivity contribution in [2.45, 2.75) is 26.7 Å². The molecule has 1 amide bonds. The van der Waals surface area contributed by atoms with E-state index in [0.717, 1.165) is 16.8 Å². The minimum Gasteiger partial charge on any atom is -0.376 e. The van der Waals surface area contributed by atoms with Gasteiger partial charge in [0.05, 0.1) is 11.4 Å². The molecule has 0 unspecified atom stereocenters. The molecule has 4 nitrogen and oxygen atoms in total. The van der Waals surface area contributed by atoms with Crippen LogP contribution in [0.15, 0.2) is 36.4 Å². The molecule has 0 aliphatic carbocycles. The number of benzene rings is 2. The fourth-order valence-corrected chi connectivity index (χ4v) is 2.78. The summed E-state index contributed by atoms with van der Waals surface area (Å²) >= 11 is 6.02. The number of aryl methyl sites for hydroxylation is 2. The average molecular weight is 359 g/mol. The number of rotatable bonds is 6. The van der Waals surface area contributed by atoms with E-state index in [4.69, 9.17) is 11.6 Å². The van der Waals surface area contributed by atoms with E-state index in [1.54, 1.807) is 12.1 Å². The predicted molar refractivity (Wildman–Crippen MR) is 104 cm³/mol. The van der Waals surface area contributed by atoms with Crippen LogP contribution in [0.25, 0.3) is 0 Å². The van der Waals surface area contributed by atoms with Gasteiger partial charge in [-0.15, -0.1) is 0 Å². The molecule has 0 spiro atoms. The first-order valence-electron chi connectivity index (χ1n) is 8.15. The first-order valence-corrected chi connectivity index (χ1v) is 8.53. The number of Topliss-reactive ketones (excluding diaryl/α,β-unsaturated/α-hetero) is 1. The normalized spacial score (nSPS) is 10.4. The zero-order valence-corrected chi connectivity index (χ0v) is 15.8. The Morgan fingerprint density at radius 1 is 1.04 bits per heavy atom. The molecule has 0 atom stereocenters. The maximum Gasteiger partial charge on any atom is 0.224 e. The molecular weight excluding hydrogens is 336 g/mol. The van der Waals surface area contributed by atoms with E-state index >= 15 is 0 Å². The highest BCUT2D eigenvalue weighted by atomic mass is 35.5. The van der Waals surface area contributed by atoms with Gasteiger partial charge < -0.3 is 10.2 Å². The van der Waals surface area contributed by atoms with Crippen molar-refractivity contribution in [3.63, 3.8) is 0 Å². The number of anilines is 2. The lowest BCUT2D eigenvalue weighted by atomic mass is 9.99. The Hall–Kier alpha value is -2.33. The lowest BCUT2D eigenvalue weighted by Gasteiger charge is -2.18. The van der Waals surface area contributed by atoms with Crippen molar-refractivity contribution < 1.29 is 9.59 Å². The molecule has 0 heterocycles. The highest BCUT2D eigenvalue weighted by Gasteiger charge is 2.14. The molecule has 2 aromatic rings. The number of nitrogens with one attached hydrogen (secondary N) is 1. The maximum absolute atomic E-state index is 12.4. The number of ketones is 1. The molecule has 5 heteroatoms. The zero-order valence-electron chi connectivity index (χ0n) is 15.0. The van der Waals surface area contributed by atoms with Gasteiger partial charge in [-0.1, -0.05) is 29.3 Å². The smallest absolute Gasteiger partial charge is 0.224 e. The van der Waals surface area contributed by atoms with Crippen LogP contribution in [0.4, 0.5) is 11.4 Å². The van der Waals surface area contributed by atoms with E-state index in [9.17, 15) is 9.59 Å². The van der Waals surface area contributed by atoms with E-state index in [-0.39, 0.29) is 24.5 Å². The van der Waals surface area contributed by atoms with Gasteiger partial charge in [0.2, 0.25) is 5.91 Å². The molecule has 0 radical (unpaired) electrons. The second-order valence-electron chi connectivity index (χ2n) is 6.35. The molecule has 0 aliphatic heterocycles. The summed E-state index contributed by atoms with van der Waals surface area (Å²) in [5.41, 5.74) is 4.15. The van der Waals surface area contributed by atoms with Gasteiger partial charge in [0, 0.05) is 37.5 Å². The van der Waals surface area contributed by atoms with Crippen LogP contribution in [0.2, 0.25) is 5.02 Å². The Balaban J connectivity index is 2.03. The molecule has 0 saturated carbocycles. The molecule has 1 N–H and O–H groups in total. The number of carbonyl (C=O) groups excluding carboxylic acids is 2. The topological polar surface area (TPSA) is 49.4 Å². The van der Waals surface area contributed by atoms with E-state index in [1.807, 2.05) is 57.1 Å².